The summed E-state index contributed by atoms with van der Waals surface area (Å²) >= 11 is 0. The maximum atomic E-state index is 12.7. The Balaban J connectivity index is 1.79. The Morgan fingerprint density at radius 1 is 0.917 bits per heavy atom. The molecule has 3 rings (SSSR count). The molecule has 0 fully saturated rings. The summed E-state index contributed by atoms with van der Waals surface area (Å²) in [7, 11) is 0. The second kappa shape index (κ2) is 6.05. The summed E-state index contributed by atoms with van der Waals surface area (Å²) in [5.74, 6) is 0.716. The van der Waals surface area contributed by atoms with Gasteiger partial charge in [0.2, 0.25) is 0 Å². The van der Waals surface area contributed by atoms with Gasteiger partial charge in [0.1, 0.15) is 0 Å². The first-order valence-corrected chi connectivity index (χ1v) is 8.75. The van der Waals surface area contributed by atoms with Crippen molar-refractivity contribution in [1.29, 1.82) is 0 Å². The Kier molecular flexibility index (Phi) is 4.21. The van der Waals surface area contributed by atoms with Crippen LogP contribution in [0, 0.1) is 0 Å². The molecule has 24 heavy (non-hydrogen) atoms. The minimum Gasteiger partial charge on any atom is -0.289 e. The fraction of sp³-hybridized carbons (Fsp3) is 0.348. The van der Waals surface area contributed by atoms with Crippen LogP contribution in [0.5, 0.6) is 0 Å². The SMILES string of the molecule is CC(C)c1ccc(C2=C(C(=O)c3ccc(C(C)(C)C)cc3)C2)cc1. The minimum atomic E-state index is 0.115. The first kappa shape index (κ1) is 16.7. The molecule has 0 saturated heterocycles. The van der Waals surface area contributed by atoms with Gasteiger partial charge in [-0.2, -0.15) is 0 Å². The maximum absolute atomic E-state index is 12.7. The molecule has 1 aliphatic rings. The van der Waals surface area contributed by atoms with Crippen molar-refractivity contribution in [1.82, 2.24) is 0 Å². The van der Waals surface area contributed by atoms with Crippen LogP contribution < -0.4 is 0 Å². The van der Waals surface area contributed by atoms with E-state index >= 15 is 0 Å². The Morgan fingerprint density at radius 2 is 1.50 bits per heavy atom. The van der Waals surface area contributed by atoms with Crippen LogP contribution in [-0.4, -0.2) is 5.78 Å². The number of Topliss-reactive ketones (excluding diaryl/α,β-unsaturated/α-hetero) is 1. The second-order valence-corrected chi connectivity index (χ2v) is 8.07. The van der Waals surface area contributed by atoms with Crippen LogP contribution in [0.25, 0.3) is 5.57 Å². The lowest BCUT2D eigenvalue weighted by molar-refractivity contribution is 0.103. The molecule has 0 unspecified atom stereocenters. The Hall–Kier alpha value is -2.15. The van der Waals surface area contributed by atoms with Crippen molar-refractivity contribution in [3.05, 3.63) is 76.4 Å². The topological polar surface area (TPSA) is 17.1 Å². The summed E-state index contributed by atoms with van der Waals surface area (Å²) in [6.45, 7) is 11.0. The van der Waals surface area contributed by atoms with Crippen LogP contribution >= 0.6 is 0 Å². The quantitative estimate of drug-likeness (QED) is 0.618. The molecule has 0 radical (unpaired) electrons. The van der Waals surface area contributed by atoms with E-state index < -0.39 is 0 Å². The molecular weight excluding hydrogens is 292 g/mol. The molecule has 124 valence electrons. The molecule has 0 amide bonds. The lowest BCUT2D eigenvalue weighted by Crippen LogP contribution is -2.11. The number of carbonyl (C=O) groups excluding carboxylic acids is 1. The van der Waals surface area contributed by atoms with Crippen LogP contribution in [0.2, 0.25) is 0 Å². The first-order chi connectivity index (χ1) is 11.3. The van der Waals surface area contributed by atoms with Gasteiger partial charge in [0, 0.05) is 17.6 Å². The van der Waals surface area contributed by atoms with Gasteiger partial charge in [-0.15, -0.1) is 0 Å². The van der Waals surface area contributed by atoms with Crippen molar-refractivity contribution in [2.75, 3.05) is 0 Å². The van der Waals surface area contributed by atoms with Gasteiger partial charge in [-0.05, 0) is 33.6 Å². The van der Waals surface area contributed by atoms with Gasteiger partial charge in [0.15, 0.2) is 5.78 Å². The number of allylic oxidation sites excluding steroid dienone is 2. The van der Waals surface area contributed by atoms with Crippen molar-refractivity contribution < 1.29 is 4.79 Å². The molecule has 0 saturated carbocycles. The highest BCUT2D eigenvalue weighted by Crippen LogP contribution is 2.42. The maximum Gasteiger partial charge on any atom is 0.189 e. The largest absolute Gasteiger partial charge is 0.289 e. The van der Waals surface area contributed by atoms with E-state index in [0.717, 1.165) is 17.6 Å². The summed E-state index contributed by atoms with van der Waals surface area (Å²) in [5.41, 5.74) is 6.87. The Labute approximate surface area is 145 Å². The smallest absolute Gasteiger partial charge is 0.189 e. The van der Waals surface area contributed by atoms with Gasteiger partial charge in [-0.25, -0.2) is 0 Å². The van der Waals surface area contributed by atoms with Crippen LogP contribution in [0.15, 0.2) is 54.1 Å². The predicted molar refractivity (Wildman–Crippen MR) is 102 cm³/mol. The van der Waals surface area contributed by atoms with E-state index in [9.17, 15) is 4.79 Å². The molecular formula is C23H26O. The van der Waals surface area contributed by atoms with Gasteiger partial charge >= 0.3 is 0 Å². The minimum absolute atomic E-state index is 0.115. The molecule has 1 aliphatic carbocycles. The van der Waals surface area contributed by atoms with E-state index in [1.807, 2.05) is 12.1 Å². The van der Waals surface area contributed by atoms with Crippen molar-refractivity contribution in [3.8, 4) is 0 Å². The highest BCUT2D eigenvalue weighted by Gasteiger charge is 2.30. The highest BCUT2D eigenvalue weighted by molar-refractivity contribution is 6.19. The summed E-state index contributed by atoms with van der Waals surface area (Å²) in [4.78, 5) is 12.7. The molecule has 0 atom stereocenters. The van der Waals surface area contributed by atoms with E-state index in [-0.39, 0.29) is 11.2 Å². The van der Waals surface area contributed by atoms with Crippen LogP contribution in [0.1, 0.15) is 74.0 Å². The van der Waals surface area contributed by atoms with Gasteiger partial charge < -0.3 is 0 Å². The third kappa shape index (κ3) is 3.36. The first-order valence-electron chi connectivity index (χ1n) is 8.75. The molecule has 0 spiro atoms. The number of ketones is 1. The van der Waals surface area contributed by atoms with E-state index in [1.165, 1.54) is 22.3 Å². The molecule has 1 heteroatoms. The average Bonchev–Trinajstić information content (AvgIpc) is 3.34. The number of hydrogen-bond acceptors (Lipinski definition) is 1. The highest BCUT2D eigenvalue weighted by atomic mass is 16.1. The molecule has 1 nitrogen and oxygen atoms in total. The summed E-state index contributed by atoms with van der Waals surface area (Å²) in [6, 6.07) is 16.7. The Bertz CT molecular complexity index is 781. The lowest BCUT2D eigenvalue weighted by Gasteiger charge is -2.18. The molecule has 2 aromatic rings. The van der Waals surface area contributed by atoms with Crippen molar-refractivity contribution in [2.24, 2.45) is 0 Å². The van der Waals surface area contributed by atoms with Crippen molar-refractivity contribution in [2.45, 2.75) is 52.4 Å². The van der Waals surface area contributed by atoms with Gasteiger partial charge in [0.25, 0.3) is 0 Å². The van der Waals surface area contributed by atoms with E-state index in [2.05, 4.69) is 71.0 Å². The van der Waals surface area contributed by atoms with Crippen molar-refractivity contribution >= 4 is 11.4 Å². The summed E-state index contributed by atoms with van der Waals surface area (Å²) in [6.07, 6.45) is 0.820. The number of carbonyl (C=O) groups is 1. The fourth-order valence-corrected chi connectivity index (χ4v) is 2.99. The predicted octanol–water partition coefficient (Wildman–Crippen LogP) is 6.15. The van der Waals surface area contributed by atoms with E-state index in [1.54, 1.807) is 0 Å². The van der Waals surface area contributed by atoms with Crippen LogP contribution in [0.4, 0.5) is 0 Å². The molecule has 0 N–H and O–H groups in total. The third-order valence-corrected chi connectivity index (χ3v) is 4.81. The number of rotatable bonds is 4. The van der Waals surface area contributed by atoms with Crippen LogP contribution in [0.3, 0.4) is 0 Å². The molecule has 0 bridgehead atoms. The zero-order valence-electron chi connectivity index (χ0n) is 15.3. The Morgan fingerprint density at radius 3 is 2.00 bits per heavy atom. The zero-order chi connectivity index (χ0) is 17.5. The number of benzene rings is 2. The fourth-order valence-electron chi connectivity index (χ4n) is 2.99. The third-order valence-electron chi connectivity index (χ3n) is 4.81. The molecule has 2 aromatic carbocycles. The monoisotopic (exact) mass is 318 g/mol. The molecule has 0 heterocycles. The summed E-state index contributed by atoms with van der Waals surface area (Å²) < 4.78 is 0. The molecule has 0 aliphatic heterocycles. The normalized spacial score (nSPS) is 14.2. The van der Waals surface area contributed by atoms with Crippen molar-refractivity contribution in [3.63, 3.8) is 0 Å². The standard InChI is InChI=1S/C23H26O/c1-15(2)16-6-8-17(9-7-16)20-14-21(20)22(24)18-10-12-19(13-11-18)23(3,4)5/h6-13,15H,14H2,1-5H3. The van der Waals surface area contributed by atoms with Gasteiger partial charge in [-0.1, -0.05) is 83.1 Å². The second-order valence-electron chi connectivity index (χ2n) is 8.07. The van der Waals surface area contributed by atoms with Gasteiger partial charge in [0.05, 0.1) is 0 Å². The van der Waals surface area contributed by atoms with Gasteiger partial charge in [-0.3, -0.25) is 4.79 Å². The number of hydrogen-bond donors (Lipinski definition) is 0. The van der Waals surface area contributed by atoms with E-state index in [4.69, 9.17) is 0 Å². The lowest BCUT2D eigenvalue weighted by atomic mass is 9.86. The van der Waals surface area contributed by atoms with E-state index in [0.29, 0.717) is 5.92 Å². The summed E-state index contributed by atoms with van der Waals surface area (Å²) in [5, 5.41) is 0. The molecule has 0 aromatic heterocycles. The zero-order valence-corrected chi connectivity index (χ0v) is 15.3. The van der Waals surface area contributed by atoms with Crippen LogP contribution in [-0.2, 0) is 5.41 Å². The average molecular weight is 318 g/mol.